The van der Waals surface area contributed by atoms with Crippen molar-refractivity contribution < 1.29 is 14.3 Å². The van der Waals surface area contributed by atoms with E-state index in [4.69, 9.17) is 27.9 Å². The number of fused-ring (bicyclic) bond motifs is 1. The van der Waals surface area contributed by atoms with Crippen LogP contribution in [0, 0.1) is 0 Å². The highest BCUT2D eigenvalue weighted by Gasteiger charge is 2.42. The summed E-state index contributed by atoms with van der Waals surface area (Å²) in [7, 11) is 2.92. The number of esters is 1. The van der Waals surface area contributed by atoms with Gasteiger partial charge in [0.05, 0.1) is 30.4 Å². The summed E-state index contributed by atoms with van der Waals surface area (Å²) in [5, 5.41) is 9.99. The van der Waals surface area contributed by atoms with Gasteiger partial charge in [0.25, 0.3) is 11.5 Å². The van der Waals surface area contributed by atoms with Gasteiger partial charge in [-0.1, -0.05) is 44.3 Å². The van der Waals surface area contributed by atoms with Crippen molar-refractivity contribution in [3.63, 3.8) is 0 Å². The number of aromatic nitrogens is 4. The van der Waals surface area contributed by atoms with Gasteiger partial charge in [0.1, 0.15) is 11.7 Å². The first-order valence-corrected chi connectivity index (χ1v) is 12.8. The molecule has 37 heavy (non-hydrogen) atoms. The van der Waals surface area contributed by atoms with E-state index in [2.05, 4.69) is 26.2 Å². The molecule has 190 valence electrons. The van der Waals surface area contributed by atoms with Crippen LogP contribution in [0.1, 0.15) is 22.8 Å². The Bertz CT molecular complexity index is 1600. The Labute approximate surface area is 229 Å². The summed E-state index contributed by atoms with van der Waals surface area (Å²) < 4.78 is 8.85. The number of rotatable bonds is 4. The first-order valence-electron chi connectivity index (χ1n) is 11.2. The van der Waals surface area contributed by atoms with Crippen LogP contribution in [0.3, 0.4) is 0 Å². The standard InChI is InChI=1S/C25H20BrCl2N5O4/c1-31-21-4-3-14(26)7-18(21)19(10-23(31)34)24(35)32-11-17(9-22(32)25(36)37-2)33-12-20(29-30-33)13-5-15(27)8-16(28)6-13/h3-8,10,12,17,22H,9,11H2,1-2H3/t17-,22-/m0/s1. The zero-order chi connectivity index (χ0) is 26.4. The molecule has 1 aliphatic rings. The fraction of sp³-hybridized carbons (Fsp3) is 0.240. The Balaban J connectivity index is 1.51. The van der Waals surface area contributed by atoms with Gasteiger partial charge in [-0.05, 0) is 36.4 Å². The van der Waals surface area contributed by atoms with Crippen LogP contribution in [0.4, 0.5) is 0 Å². The summed E-state index contributed by atoms with van der Waals surface area (Å²) in [5.74, 6) is -0.993. The van der Waals surface area contributed by atoms with Gasteiger partial charge in [-0.2, -0.15) is 0 Å². The molecule has 1 amide bonds. The van der Waals surface area contributed by atoms with E-state index in [9.17, 15) is 14.4 Å². The number of carbonyl (C=O) groups is 2. The SMILES string of the molecule is COC(=O)[C@@H]1C[C@H](n2cc(-c3cc(Cl)cc(Cl)c3)nn2)CN1C(=O)c1cc(=O)n(C)c2ccc(Br)cc12. The van der Waals surface area contributed by atoms with Crippen LogP contribution in [0.5, 0.6) is 0 Å². The van der Waals surface area contributed by atoms with E-state index in [0.29, 0.717) is 32.2 Å². The lowest BCUT2D eigenvalue weighted by Gasteiger charge is -2.23. The Morgan fingerprint density at radius 3 is 2.54 bits per heavy atom. The quantitative estimate of drug-likeness (QED) is 0.318. The van der Waals surface area contributed by atoms with Gasteiger partial charge in [0.2, 0.25) is 0 Å². The summed E-state index contributed by atoms with van der Waals surface area (Å²) in [6, 6.07) is 10.5. The molecule has 0 spiro atoms. The minimum absolute atomic E-state index is 0.169. The molecule has 2 aromatic carbocycles. The molecule has 0 radical (unpaired) electrons. The molecule has 0 saturated carbocycles. The Morgan fingerprint density at radius 2 is 1.84 bits per heavy atom. The van der Waals surface area contributed by atoms with Crippen molar-refractivity contribution in [3.8, 4) is 11.3 Å². The van der Waals surface area contributed by atoms with Crippen molar-refractivity contribution >= 4 is 61.9 Å². The highest BCUT2D eigenvalue weighted by molar-refractivity contribution is 9.10. The molecule has 5 rings (SSSR count). The summed E-state index contributed by atoms with van der Waals surface area (Å²) in [4.78, 5) is 40.6. The minimum Gasteiger partial charge on any atom is -0.467 e. The van der Waals surface area contributed by atoms with Crippen molar-refractivity contribution in [2.24, 2.45) is 7.05 Å². The predicted octanol–water partition coefficient (Wildman–Crippen LogP) is 4.50. The third kappa shape index (κ3) is 4.76. The monoisotopic (exact) mass is 603 g/mol. The number of halogens is 3. The maximum Gasteiger partial charge on any atom is 0.328 e. The summed E-state index contributed by atoms with van der Waals surface area (Å²) in [6.07, 6.45) is 1.99. The molecular weight excluding hydrogens is 585 g/mol. The zero-order valence-electron chi connectivity index (χ0n) is 19.7. The van der Waals surface area contributed by atoms with Gasteiger partial charge in [-0.25, -0.2) is 9.48 Å². The van der Waals surface area contributed by atoms with Crippen LogP contribution >= 0.6 is 39.1 Å². The summed E-state index contributed by atoms with van der Waals surface area (Å²) in [6.45, 7) is 0.169. The highest BCUT2D eigenvalue weighted by Crippen LogP contribution is 2.32. The molecule has 2 atom stereocenters. The number of likely N-dealkylation sites (tertiary alicyclic amines) is 1. The van der Waals surface area contributed by atoms with Crippen molar-refractivity contribution in [3.05, 3.63) is 79.1 Å². The predicted molar refractivity (Wildman–Crippen MR) is 143 cm³/mol. The average molecular weight is 605 g/mol. The van der Waals surface area contributed by atoms with Gasteiger partial charge in [0.15, 0.2) is 0 Å². The topological polar surface area (TPSA) is 99.3 Å². The molecule has 3 heterocycles. The number of hydrogen-bond donors (Lipinski definition) is 0. The number of hydrogen-bond acceptors (Lipinski definition) is 6. The van der Waals surface area contributed by atoms with Crippen molar-refractivity contribution in [2.45, 2.75) is 18.5 Å². The molecule has 12 heteroatoms. The highest BCUT2D eigenvalue weighted by atomic mass is 79.9. The summed E-state index contributed by atoms with van der Waals surface area (Å²) >= 11 is 15.7. The van der Waals surface area contributed by atoms with Crippen LogP contribution in [0.2, 0.25) is 10.0 Å². The molecule has 1 aliphatic heterocycles. The second kappa shape index (κ2) is 9.92. The lowest BCUT2D eigenvalue weighted by molar-refractivity contribution is -0.145. The number of pyridine rings is 1. The van der Waals surface area contributed by atoms with E-state index in [1.165, 1.54) is 22.6 Å². The van der Waals surface area contributed by atoms with E-state index < -0.39 is 17.9 Å². The molecule has 9 nitrogen and oxygen atoms in total. The number of carbonyl (C=O) groups excluding carboxylic acids is 2. The fourth-order valence-corrected chi connectivity index (χ4v) is 5.53. The van der Waals surface area contributed by atoms with Crippen molar-refractivity contribution in [1.82, 2.24) is 24.5 Å². The molecule has 0 N–H and O–H groups in total. The Hall–Kier alpha value is -3.21. The minimum atomic E-state index is -0.859. The van der Waals surface area contributed by atoms with Gasteiger partial charge in [-0.15, -0.1) is 5.10 Å². The number of amides is 1. The molecule has 0 aliphatic carbocycles. The molecule has 0 bridgehead atoms. The Morgan fingerprint density at radius 1 is 1.11 bits per heavy atom. The van der Waals surface area contributed by atoms with E-state index in [0.717, 1.165) is 4.47 Å². The largest absolute Gasteiger partial charge is 0.467 e. The second-order valence-electron chi connectivity index (χ2n) is 8.74. The smallest absolute Gasteiger partial charge is 0.328 e. The average Bonchev–Trinajstić information content (AvgIpc) is 3.52. The van der Waals surface area contributed by atoms with Crippen LogP contribution in [-0.4, -0.2) is 56.0 Å². The van der Waals surface area contributed by atoms with Crippen molar-refractivity contribution in [1.29, 1.82) is 0 Å². The number of methoxy groups -OCH3 is 1. The number of nitrogens with zero attached hydrogens (tertiary/aromatic N) is 5. The first-order chi connectivity index (χ1) is 17.7. The van der Waals surface area contributed by atoms with E-state index in [1.807, 2.05) is 0 Å². The molecular formula is C25H20BrCl2N5O4. The van der Waals surface area contributed by atoms with Crippen molar-refractivity contribution in [2.75, 3.05) is 13.7 Å². The third-order valence-corrected chi connectivity index (χ3v) is 7.42. The Kier molecular flexibility index (Phi) is 6.82. The lowest BCUT2D eigenvalue weighted by Crippen LogP contribution is -2.41. The zero-order valence-corrected chi connectivity index (χ0v) is 22.8. The lowest BCUT2D eigenvalue weighted by atomic mass is 10.1. The molecule has 1 saturated heterocycles. The first kappa shape index (κ1) is 25.4. The van der Waals surface area contributed by atoms with Gasteiger partial charge >= 0.3 is 5.97 Å². The molecule has 0 unspecified atom stereocenters. The van der Waals surface area contributed by atoms with Crippen LogP contribution in [-0.2, 0) is 16.6 Å². The maximum absolute atomic E-state index is 13.8. The van der Waals surface area contributed by atoms with Crippen LogP contribution < -0.4 is 5.56 Å². The number of aryl methyl sites for hydroxylation is 1. The number of ether oxygens (including phenoxy) is 1. The molecule has 4 aromatic rings. The third-order valence-electron chi connectivity index (χ3n) is 6.49. The normalized spacial score (nSPS) is 17.4. The van der Waals surface area contributed by atoms with E-state index in [-0.39, 0.29) is 30.1 Å². The number of benzene rings is 2. The molecule has 2 aromatic heterocycles. The fourth-order valence-electron chi connectivity index (χ4n) is 4.64. The van der Waals surface area contributed by atoms with Gasteiger partial charge in [0, 0.05) is 51.5 Å². The van der Waals surface area contributed by atoms with Gasteiger partial charge < -0.3 is 14.2 Å². The van der Waals surface area contributed by atoms with Crippen LogP contribution in [0.25, 0.3) is 22.2 Å². The van der Waals surface area contributed by atoms with E-state index >= 15 is 0 Å². The van der Waals surface area contributed by atoms with E-state index in [1.54, 1.807) is 54.3 Å². The van der Waals surface area contributed by atoms with Gasteiger partial charge in [-0.3, -0.25) is 9.59 Å². The van der Waals surface area contributed by atoms with Crippen LogP contribution in [0.15, 0.2) is 57.9 Å². The molecule has 1 fully saturated rings. The second-order valence-corrected chi connectivity index (χ2v) is 10.5. The maximum atomic E-state index is 13.8. The summed E-state index contributed by atoms with van der Waals surface area (Å²) in [5.41, 5.74) is 1.72.